The van der Waals surface area contributed by atoms with Crippen LogP contribution in [0.15, 0.2) is 53.8 Å². The SMILES string of the molecule is CC(C)CNC(=O)Cn1ccc2c(SCc3ccc(F)cc3)nccc21. The van der Waals surface area contributed by atoms with Gasteiger partial charge < -0.3 is 9.88 Å². The summed E-state index contributed by atoms with van der Waals surface area (Å²) >= 11 is 1.61. The first-order chi connectivity index (χ1) is 12.5. The van der Waals surface area contributed by atoms with Gasteiger partial charge in [0, 0.05) is 30.1 Å². The summed E-state index contributed by atoms with van der Waals surface area (Å²) in [6.45, 7) is 5.12. The smallest absolute Gasteiger partial charge is 0.239 e. The molecular weight excluding hydrogens is 349 g/mol. The Kier molecular flexibility index (Phi) is 5.93. The van der Waals surface area contributed by atoms with Crippen molar-refractivity contribution in [2.75, 3.05) is 6.54 Å². The first-order valence-electron chi connectivity index (χ1n) is 8.60. The Labute approximate surface area is 156 Å². The monoisotopic (exact) mass is 371 g/mol. The Bertz CT molecular complexity index is 890. The standard InChI is InChI=1S/C20H22FN3OS/c1-14(2)11-23-19(25)12-24-10-8-17-18(24)7-9-22-20(17)26-13-15-3-5-16(21)6-4-15/h3-10,14H,11-13H2,1-2H3,(H,23,25). The molecule has 2 heterocycles. The molecule has 0 unspecified atom stereocenters. The van der Waals surface area contributed by atoms with Gasteiger partial charge in [-0.25, -0.2) is 9.37 Å². The number of hydrogen-bond acceptors (Lipinski definition) is 3. The van der Waals surface area contributed by atoms with E-state index in [4.69, 9.17) is 0 Å². The molecule has 0 bridgehead atoms. The van der Waals surface area contributed by atoms with E-state index in [1.165, 1.54) is 12.1 Å². The minimum atomic E-state index is -0.230. The van der Waals surface area contributed by atoms with E-state index in [9.17, 15) is 9.18 Å². The van der Waals surface area contributed by atoms with Gasteiger partial charge in [0.25, 0.3) is 0 Å². The van der Waals surface area contributed by atoms with Crippen LogP contribution in [0.2, 0.25) is 0 Å². The normalized spacial score (nSPS) is 11.2. The summed E-state index contributed by atoms with van der Waals surface area (Å²) in [5.41, 5.74) is 2.03. The maximum absolute atomic E-state index is 13.0. The molecule has 0 saturated heterocycles. The largest absolute Gasteiger partial charge is 0.354 e. The van der Waals surface area contributed by atoms with Crippen LogP contribution in [0.1, 0.15) is 19.4 Å². The number of carbonyl (C=O) groups excluding carboxylic acids is 1. The minimum Gasteiger partial charge on any atom is -0.354 e. The van der Waals surface area contributed by atoms with Crippen LogP contribution < -0.4 is 5.32 Å². The van der Waals surface area contributed by atoms with Gasteiger partial charge in [0.2, 0.25) is 5.91 Å². The van der Waals surface area contributed by atoms with Crippen molar-refractivity contribution in [3.05, 3.63) is 60.2 Å². The fraction of sp³-hybridized carbons (Fsp3) is 0.300. The van der Waals surface area contributed by atoms with Gasteiger partial charge in [-0.3, -0.25) is 4.79 Å². The molecule has 6 heteroatoms. The van der Waals surface area contributed by atoms with Gasteiger partial charge in [-0.05, 0) is 35.7 Å². The van der Waals surface area contributed by atoms with Crippen molar-refractivity contribution in [2.24, 2.45) is 5.92 Å². The molecule has 1 amide bonds. The van der Waals surface area contributed by atoms with Crippen molar-refractivity contribution >= 4 is 28.6 Å². The molecule has 4 nitrogen and oxygen atoms in total. The maximum Gasteiger partial charge on any atom is 0.239 e. The van der Waals surface area contributed by atoms with Gasteiger partial charge in [-0.2, -0.15) is 0 Å². The third kappa shape index (κ3) is 4.64. The van der Waals surface area contributed by atoms with Gasteiger partial charge in [0.1, 0.15) is 17.4 Å². The second-order valence-electron chi connectivity index (χ2n) is 6.61. The van der Waals surface area contributed by atoms with Crippen molar-refractivity contribution in [2.45, 2.75) is 31.2 Å². The lowest BCUT2D eigenvalue weighted by molar-refractivity contribution is -0.121. The number of nitrogens with one attached hydrogen (secondary N) is 1. The molecule has 3 aromatic rings. The van der Waals surface area contributed by atoms with Crippen molar-refractivity contribution in [1.29, 1.82) is 0 Å². The van der Waals surface area contributed by atoms with E-state index < -0.39 is 0 Å². The number of fused-ring (bicyclic) bond motifs is 1. The van der Waals surface area contributed by atoms with Crippen molar-refractivity contribution in [3.63, 3.8) is 0 Å². The lowest BCUT2D eigenvalue weighted by Crippen LogP contribution is -2.30. The molecule has 2 aromatic heterocycles. The number of benzene rings is 1. The van der Waals surface area contributed by atoms with Gasteiger partial charge in [0.05, 0.1) is 5.52 Å². The molecular formula is C20H22FN3OS. The van der Waals surface area contributed by atoms with E-state index >= 15 is 0 Å². The zero-order valence-corrected chi connectivity index (χ0v) is 15.7. The average molecular weight is 371 g/mol. The van der Waals surface area contributed by atoms with Crippen LogP contribution in [0.25, 0.3) is 10.9 Å². The zero-order valence-electron chi connectivity index (χ0n) is 14.9. The molecule has 1 aromatic carbocycles. The van der Waals surface area contributed by atoms with E-state index in [1.54, 1.807) is 30.1 Å². The fourth-order valence-corrected chi connectivity index (χ4v) is 3.57. The highest BCUT2D eigenvalue weighted by molar-refractivity contribution is 7.98. The van der Waals surface area contributed by atoms with Crippen LogP contribution in [-0.4, -0.2) is 22.0 Å². The molecule has 136 valence electrons. The Morgan fingerprint density at radius 2 is 2.00 bits per heavy atom. The number of hydrogen-bond donors (Lipinski definition) is 1. The number of halogens is 1. The first kappa shape index (κ1) is 18.5. The summed E-state index contributed by atoms with van der Waals surface area (Å²) in [5.74, 6) is 0.922. The molecule has 1 N–H and O–H groups in total. The van der Waals surface area contributed by atoms with E-state index in [0.717, 1.165) is 21.5 Å². The summed E-state index contributed by atoms with van der Waals surface area (Å²) in [6.07, 6.45) is 3.68. The Morgan fingerprint density at radius 1 is 1.23 bits per heavy atom. The molecule has 3 rings (SSSR count). The summed E-state index contributed by atoms with van der Waals surface area (Å²) in [6, 6.07) is 10.4. The lowest BCUT2D eigenvalue weighted by Gasteiger charge is -2.09. The molecule has 0 radical (unpaired) electrons. The number of carbonyl (C=O) groups is 1. The average Bonchev–Trinajstić information content (AvgIpc) is 3.03. The second kappa shape index (κ2) is 8.36. The van der Waals surface area contributed by atoms with Crippen molar-refractivity contribution in [1.82, 2.24) is 14.9 Å². The highest BCUT2D eigenvalue weighted by Gasteiger charge is 2.10. The topological polar surface area (TPSA) is 46.9 Å². The molecule has 0 aliphatic carbocycles. The second-order valence-corrected chi connectivity index (χ2v) is 7.57. The van der Waals surface area contributed by atoms with Gasteiger partial charge in [-0.1, -0.05) is 26.0 Å². The fourth-order valence-electron chi connectivity index (χ4n) is 2.61. The molecule has 0 saturated carbocycles. The van der Waals surface area contributed by atoms with Crippen molar-refractivity contribution < 1.29 is 9.18 Å². The maximum atomic E-state index is 13.0. The lowest BCUT2D eigenvalue weighted by atomic mass is 10.2. The number of pyridine rings is 1. The number of rotatable bonds is 7. The molecule has 0 aliphatic heterocycles. The van der Waals surface area contributed by atoms with Gasteiger partial charge in [0.15, 0.2) is 0 Å². The quantitative estimate of drug-likeness (QED) is 0.632. The van der Waals surface area contributed by atoms with Crippen molar-refractivity contribution in [3.8, 4) is 0 Å². The van der Waals surface area contributed by atoms with Gasteiger partial charge in [-0.15, -0.1) is 11.8 Å². The predicted molar refractivity (Wildman–Crippen MR) is 104 cm³/mol. The highest BCUT2D eigenvalue weighted by atomic mass is 32.2. The van der Waals surface area contributed by atoms with E-state index in [-0.39, 0.29) is 11.7 Å². The summed E-state index contributed by atoms with van der Waals surface area (Å²) in [4.78, 5) is 16.6. The summed E-state index contributed by atoms with van der Waals surface area (Å²) < 4.78 is 14.9. The zero-order chi connectivity index (χ0) is 18.5. The van der Waals surface area contributed by atoms with E-state index in [1.807, 2.05) is 22.9 Å². The van der Waals surface area contributed by atoms with E-state index in [2.05, 4.69) is 24.1 Å². The van der Waals surface area contributed by atoms with Crippen LogP contribution in [0.4, 0.5) is 4.39 Å². The van der Waals surface area contributed by atoms with Gasteiger partial charge >= 0.3 is 0 Å². The van der Waals surface area contributed by atoms with Crippen LogP contribution in [-0.2, 0) is 17.1 Å². The van der Waals surface area contributed by atoms with Crippen LogP contribution in [0.3, 0.4) is 0 Å². The minimum absolute atomic E-state index is 0.00790. The van der Waals surface area contributed by atoms with Crippen LogP contribution >= 0.6 is 11.8 Å². The number of aromatic nitrogens is 2. The van der Waals surface area contributed by atoms with Crippen LogP contribution in [0.5, 0.6) is 0 Å². The first-order valence-corrected chi connectivity index (χ1v) is 9.59. The third-order valence-corrected chi connectivity index (χ3v) is 5.05. The molecule has 0 fully saturated rings. The van der Waals surface area contributed by atoms with Crippen LogP contribution in [0, 0.1) is 11.7 Å². The highest BCUT2D eigenvalue weighted by Crippen LogP contribution is 2.29. The Hall–Kier alpha value is -2.34. The van der Waals surface area contributed by atoms with E-state index in [0.29, 0.717) is 24.8 Å². The number of amides is 1. The summed E-state index contributed by atoms with van der Waals surface area (Å²) in [7, 11) is 0. The third-order valence-electron chi connectivity index (χ3n) is 3.97. The molecule has 0 aliphatic rings. The molecule has 26 heavy (non-hydrogen) atoms. The number of nitrogens with zero attached hydrogens (tertiary/aromatic N) is 2. The Morgan fingerprint density at radius 3 is 2.73 bits per heavy atom. The summed E-state index contributed by atoms with van der Waals surface area (Å²) in [5, 5.41) is 4.87. The Balaban J connectivity index is 1.71. The predicted octanol–water partition coefficient (Wildman–Crippen LogP) is 4.24. The number of thioether (sulfide) groups is 1. The molecule has 0 spiro atoms. The molecule has 0 atom stereocenters.